The molecule has 1 amide bonds. The van der Waals surface area contributed by atoms with Crippen molar-refractivity contribution in [2.45, 2.75) is 11.8 Å². The molecule has 0 spiro atoms. The van der Waals surface area contributed by atoms with E-state index in [1.54, 1.807) is 49.4 Å². The number of carbonyl (C=O) groups excluding carboxylic acids is 2. The summed E-state index contributed by atoms with van der Waals surface area (Å²) in [6.45, 7) is 1.72. The van der Waals surface area contributed by atoms with E-state index in [0.717, 1.165) is 5.39 Å². The fraction of sp³-hybridized carbons (Fsp3) is 0.111. The van der Waals surface area contributed by atoms with Crippen LogP contribution in [0.25, 0.3) is 10.9 Å². The number of nitrogens with one attached hydrogen (secondary N) is 2. The molecule has 0 fully saturated rings. The molecule has 24 heavy (non-hydrogen) atoms. The molecular weight excluding hydrogens is 392 g/mol. The highest BCUT2D eigenvalue weighted by Gasteiger charge is 2.22. The lowest BCUT2D eigenvalue weighted by molar-refractivity contribution is -0.115. The lowest BCUT2D eigenvalue weighted by Crippen LogP contribution is -2.21. The van der Waals surface area contributed by atoms with E-state index in [-0.39, 0.29) is 16.5 Å². The van der Waals surface area contributed by atoms with Gasteiger partial charge in [-0.15, -0.1) is 0 Å². The molecule has 6 heteroatoms. The number of carbonyl (C=O) groups is 2. The van der Waals surface area contributed by atoms with E-state index in [0.29, 0.717) is 27.5 Å². The summed E-state index contributed by atoms with van der Waals surface area (Å²) in [6.07, 6.45) is 0. The number of hydrogen-bond donors (Lipinski definition) is 2. The number of ketones is 1. The number of aromatic nitrogens is 1. The van der Waals surface area contributed by atoms with Crippen LogP contribution in [0.15, 0.2) is 48.5 Å². The number of aromatic amines is 1. The van der Waals surface area contributed by atoms with Crippen LogP contribution < -0.4 is 5.32 Å². The number of H-pyrrole nitrogens is 1. The number of amides is 1. The van der Waals surface area contributed by atoms with Gasteiger partial charge in [0.2, 0.25) is 11.7 Å². The van der Waals surface area contributed by atoms with Crippen LogP contribution in [0.1, 0.15) is 23.0 Å². The molecule has 0 aliphatic heterocycles. The summed E-state index contributed by atoms with van der Waals surface area (Å²) in [4.78, 5) is 27.7. The van der Waals surface area contributed by atoms with Gasteiger partial charge in [0.25, 0.3) is 0 Å². The van der Waals surface area contributed by atoms with Crippen molar-refractivity contribution in [3.8, 4) is 0 Å². The Bertz CT molecular complexity index is 919. The molecule has 0 radical (unpaired) electrons. The second-order valence-corrected chi connectivity index (χ2v) is 7.18. The third-order valence-corrected chi connectivity index (χ3v) is 4.28. The molecule has 2 N–H and O–H groups in total. The first-order chi connectivity index (χ1) is 11.5. The Morgan fingerprint density at radius 1 is 1.17 bits per heavy atom. The lowest BCUT2D eigenvalue weighted by atomic mass is 10.1. The highest BCUT2D eigenvalue weighted by atomic mass is 79.9. The second-order valence-electron chi connectivity index (χ2n) is 5.37. The van der Waals surface area contributed by atoms with Gasteiger partial charge in [-0.1, -0.05) is 57.9 Å². The van der Waals surface area contributed by atoms with E-state index in [1.165, 1.54) is 0 Å². The minimum absolute atomic E-state index is 0.194. The van der Waals surface area contributed by atoms with Crippen LogP contribution >= 0.6 is 27.5 Å². The fourth-order valence-electron chi connectivity index (χ4n) is 2.43. The highest BCUT2D eigenvalue weighted by molar-refractivity contribution is 9.10. The summed E-state index contributed by atoms with van der Waals surface area (Å²) in [7, 11) is 0. The molecule has 3 rings (SSSR count). The number of fused-ring (bicyclic) bond motifs is 1. The van der Waals surface area contributed by atoms with Crippen molar-refractivity contribution in [1.82, 2.24) is 4.98 Å². The quantitative estimate of drug-likeness (QED) is 0.485. The van der Waals surface area contributed by atoms with Crippen molar-refractivity contribution in [3.05, 3.63) is 64.8 Å². The zero-order valence-electron chi connectivity index (χ0n) is 12.8. The monoisotopic (exact) mass is 404 g/mol. The standard InChI is InChI=1S/C18H14BrClN2O2/c1-10(19)18(24)22-15-13-8-7-12(20)9-14(13)21-16(15)17(23)11-5-3-2-4-6-11/h2-10,21H,1H3,(H,22,24). The summed E-state index contributed by atoms with van der Waals surface area (Å²) in [5, 5.41) is 4.11. The molecule has 3 aromatic rings. The number of benzene rings is 2. The first-order valence-corrected chi connectivity index (χ1v) is 8.62. The number of alkyl halides is 1. The third-order valence-electron chi connectivity index (χ3n) is 3.63. The molecular formula is C18H14BrClN2O2. The Balaban J connectivity index is 2.15. The van der Waals surface area contributed by atoms with Crippen LogP contribution in [-0.2, 0) is 4.79 Å². The first kappa shape index (κ1) is 16.7. The Kier molecular flexibility index (Phi) is 4.73. The largest absolute Gasteiger partial charge is 0.350 e. The number of anilines is 1. The Hall–Kier alpha value is -2.11. The molecule has 0 aliphatic carbocycles. The lowest BCUT2D eigenvalue weighted by Gasteiger charge is -2.08. The van der Waals surface area contributed by atoms with Gasteiger partial charge in [-0.3, -0.25) is 9.59 Å². The van der Waals surface area contributed by atoms with Crippen molar-refractivity contribution in [3.63, 3.8) is 0 Å². The van der Waals surface area contributed by atoms with E-state index in [4.69, 9.17) is 11.6 Å². The van der Waals surface area contributed by atoms with Crippen LogP contribution in [-0.4, -0.2) is 21.5 Å². The van der Waals surface area contributed by atoms with Crippen molar-refractivity contribution >= 4 is 55.8 Å². The Morgan fingerprint density at radius 2 is 1.88 bits per heavy atom. The molecule has 1 unspecified atom stereocenters. The van der Waals surface area contributed by atoms with Crippen LogP contribution in [0.2, 0.25) is 5.02 Å². The number of hydrogen-bond acceptors (Lipinski definition) is 2. The zero-order valence-corrected chi connectivity index (χ0v) is 15.1. The van der Waals surface area contributed by atoms with E-state index >= 15 is 0 Å². The smallest absolute Gasteiger partial charge is 0.237 e. The highest BCUT2D eigenvalue weighted by Crippen LogP contribution is 2.31. The van der Waals surface area contributed by atoms with Gasteiger partial charge in [0.05, 0.1) is 10.5 Å². The maximum absolute atomic E-state index is 12.8. The van der Waals surface area contributed by atoms with Gasteiger partial charge in [0.1, 0.15) is 5.69 Å². The second kappa shape index (κ2) is 6.79. The minimum Gasteiger partial charge on any atom is -0.350 e. The van der Waals surface area contributed by atoms with Crippen LogP contribution in [0.3, 0.4) is 0 Å². The molecule has 4 nitrogen and oxygen atoms in total. The van der Waals surface area contributed by atoms with Gasteiger partial charge in [-0.05, 0) is 25.1 Å². The molecule has 122 valence electrons. The number of rotatable bonds is 4. The molecule has 1 heterocycles. The maximum atomic E-state index is 12.8. The van der Waals surface area contributed by atoms with Gasteiger partial charge >= 0.3 is 0 Å². The first-order valence-electron chi connectivity index (χ1n) is 7.33. The topological polar surface area (TPSA) is 62.0 Å². The summed E-state index contributed by atoms with van der Waals surface area (Å²) >= 11 is 9.27. The Morgan fingerprint density at radius 3 is 2.54 bits per heavy atom. The van der Waals surface area contributed by atoms with Crippen molar-refractivity contribution < 1.29 is 9.59 Å². The summed E-state index contributed by atoms with van der Waals surface area (Å²) < 4.78 is 0. The molecule has 2 aromatic carbocycles. The zero-order chi connectivity index (χ0) is 17.3. The third kappa shape index (κ3) is 3.23. The molecule has 0 aliphatic rings. The van der Waals surface area contributed by atoms with E-state index in [9.17, 15) is 9.59 Å². The van der Waals surface area contributed by atoms with Gasteiger partial charge in [0, 0.05) is 21.5 Å². The van der Waals surface area contributed by atoms with Crippen molar-refractivity contribution in [2.75, 3.05) is 5.32 Å². The predicted molar refractivity (Wildman–Crippen MR) is 100 cm³/mol. The molecule has 0 saturated heterocycles. The van der Waals surface area contributed by atoms with Crippen molar-refractivity contribution in [1.29, 1.82) is 0 Å². The van der Waals surface area contributed by atoms with Gasteiger partial charge < -0.3 is 10.3 Å². The van der Waals surface area contributed by atoms with Crippen molar-refractivity contribution in [2.24, 2.45) is 0 Å². The average Bonchev–Trinajstić information content (AvgIpc) is 2.92. The summed E-state index contributed by atoms with van der Waals surface area (Å²) in [5.41, 5.74) is 2.03. The molecule has 0 bridgehead atoms. The summed E-state index contributed by atoms with van der Waals surface area (Å²) in [5.74, 6) is -0.423. The van der Waals surface area contributed by atoms with Gasteiger partial charge in [-0.2, -0.15) is 0 Å². The minimum atomic E-state index is -0.380. The van der Waals surface area contributed by atoms with Crippen LogP contribution in [0.4, 0.5) is 5.69 Å². The maximum Gasteiger partial charge on any atom is 0.237 e. The van der Waals surface area contributed by atoms with Crippen LogP contribution in [0, 0.1) is 0 Å². The van der Waals surface area contributed by atoms with Crippen LogP contribution in [0.5, 0.6) is 0 Å². The molecule has 0 saturated carbocycles. The van der Waals surface area contributed by atoms with E-state index < -0.39 is 0 Å². The average molecular weight is 406 g/mol. The normalized spacial score (nSPS) is 12.1. The fourth-order valence-corrected chi connectivity index (χ4v) is 2.71. The molecule has 1 aromatic heterocycles. The van der Waals surface area contributed by atoms with E-state index in [2.05, 4.69) is 26.2 Å². The van der Waals surface area contributed by atoms with Gasteiger partial charge in [-0.25, -0.2) is 0 Å². The predicted octanol–water partition coefficient (Wildman–Crippen LogP) is 4.77. The van der Waals surface area contributed by atoms with E-state index in [1.807, 2.05) is 6.07 Å². The van der Waals surface area contributed by atoms with Gasteiger partial charge in [0.15, 0.2) is 0 Å². The number of halogens is 2. The summed E-state index contributed by atoms with van der Waals surface area (Å²) in [6, 6.07) is 14.1. The molecule has 1 atom stereocenters. The SMILES string of the molecule is CC(Br)C(=O)Nc1c(C(=O)c2ccccc2)[nH]c2cc(Cl)ccc12. The Labute approximate surface area is 152 Å².